The lowest BCUT2D eigenvalue weighted by Crippen LogP contribution is -2.50. The monoisotopic (exact) mass is 250 g/mol. The van der Waals surface area contributed by atoms with Crippen molar-refractivity contribution in [1.29, 1.82) is 0 Å². The van der Waals surface area contributed by atoms with Gasteiger partial charge in [0, 0.05) is 11.1 Å². The molecule has 0 aromatic heterocycles. The highest BCUT2D eigenvalue weighted by Crippen LogP contribution is 2.36. The first-order chi connectivity index (χ1) is 8.51. The standard InChI is InChI=1S/C15H26N2O/c1-7-15(2,17(4)5)14(16-3)12-10-8-9-11-13(12)18-6/h8-11,14,16H,7H2,1-6H3. The molecular weight excluding hydrogens is 224 g/mol. The Bertz CT molecular complexity index is 379. The van der Waals surface area contributed by atoms with Gasteiger partial charge in [0.05, 0.1) is 13.2 Å². The minimum atomic E-state index is 0.0450. The summed E-state index contributed by atoms with van der Waals surface area (Å²) in [6.45, 7) is 4.50. The number of rotatable bonds is 6. The molecule has 18 heavy (non-hydrogen) atoms. The predicted octanol–water partition coefficient (Wildman–Crippen LogP) is 2.69. The van der Waals surface area contributed by atoms with E-state index in [1.807, 2.05) is 19.2 Å². The summed E-state index contributed by atoms with van der Waals surface area (Å²) >= 11 is 0. The van der Waals surface area contributed by atoms with E-state index in [1.165, 1.54) is 5.56 Å². The lowest BCUT2D eigenvalue weighted by atomic mass is 9.83. The molecular formula is C15H26N2O. The molecule has 0 aliphatic carbocycles. The van der Waals surface area contributed by atoms with Crippen LogP contribution in [0.2, 0.25) is 0 Å². The minimum Gasteiger partial charge on any atom is -0.496 e. The van der Waals surface area contributed by atoms with Crippen molar-refractivity contribution in [3.8, 4) is 5.75 Å². The Morgan fingerprint density at radius 2 is 1.94 bits per heavy atom. The smallest absolute Gasteiger partial charge is 0.123 e. The SMILES string of the molecule is CCC(C)(C(NC)c1ccccc1OC)N(C)C. The lowest BCUT2D eigenvalue weighted by molar-refractivity contribution is 0.115. The second-order valence-electron chi connectivity index (χ2n) is 5.07. The second kappa shape index (κ2) is 6.21. The molecule has 0 aliphatic rings. The van der Waals surface area contributed by atoms with Crippen molar-refractivity contribution in [2.45, 2.75) is 31.8 Å². The summed E-state index contributed by atoms with van der Waals surface area (Å²) in [5, 5.41) is 3.44. The maximum atomic E-state index is 5.49. The first kappa shape index (κ1) is 15.0. The minimum absolute atomic E-state index is 0.0450. The molecule has 0 heterocycles. The van der Waals surface area contributed by atoms with Gasteiger partial charge in [-0.05, 0) is 40.6 Å². The molecule has 2 atom stereocenters. The van der Waals surface area contributed by atoms with Crippen molar-refractivity contribution in [3.05, 3.63) is 29.8 Å². The molecule has 1 rings (SSSR count). The number of hydrogen-bond acceptors (Lipinski definition) is 3. The number of benzene rings is 1. The molecule has 0 amide bonds. The Morgan fingerprint density at radius 1 is 1.33 bits per heavy atom. The number of methoxy groups -OCH3 is 1. The van der Waals surface area contributed by atoms with Crippen molar-refractivity contribution in [2.75, 3.05) is 28.3 Å². The summed E-state index contributed by atoms with van der Waals surface area (Å²) in [5.41, 5.74) is 1.25. The van der Waals surface area contributed by atoms with E-state index in [0.29, 0.717) is 0 Å². The van der Waals surface area contributed by atoms with Gasteiger partial charge in [0.25, 0.3) is 0 Å². The van der Waals surface area contributed by atoms with Crippen molar-refractivity contribution >= 4 is 0 Å². The Morgan fingerprint density at radius 3 is 2.39 bits per heavy atom. The molecule has 0 fully saturated rings. The normalized spacial score (nSPS) is 16.4. The van der Waals surface area contributed by atoms with Gasteiger partial charge in [-0.1, -0.05) is 25.1 Å². The summed E-state index contributed by atoms with van der Waals surface area (Å²) in [4.78, 5) is 2.28. The van der Waals surface area contributed by atoms with E-state index >= 15 is 0 Å². The van der Waals surface area contributed by atoms with E-state index in [2.05, 4.69) is 50.3 Å². The van der Waals surface area contributed by atoms with Crippen molar-refractivity contribution in [1.82, 2.24) is 10.2 Å². The third-order valence-corrected chi connectivity index (χ3v) is 4.10. The van der Waals surface area contributed by atoms with Crippen molar-refractivity contribution in [2.24, 2.45) is 0 Å². The topological polar surface area (TPSA) is 24.5 Å². The number of ether oxygens (including phenoxy) is 1. The third kappa shape index (κ3) is 2.68. The van der Waals surface area contributed by atoms with Gasteiger partial charge in [0.15, 0.2) is 0 Å². The molecule has 1 aromatic rings. The molecule has 3 nitrogen and oxygen atoms in total. The van der Waals surface area contributed by atoms with E-state index in [1.54, 1.807) is 7.11 Å². The van der Waals surface area contributed by atoms with Gasteiger partial charge >= 0.3 is 0 Å². The third-order valence-electron chi connectivity index (χ3n) is 4.10. The number of nitrogens with zero attached hydrogens (tertiary/aromatic N) is 1. The molecule has 3 heteroatoms. The van der Waals surface area contributed by atoms with E-state index < -0.39 is 0 Å². The first-order valence-corrected chi connectivity index (χ1v) is 6.48. The first-order valence-electron chi connectivity index (χ1n) is 6.48. The summed E-state index contributed by atoms with van der Waals surface area (Å²) in [7, 11) is 7.99. The largest absolute Gasteiger partial charge is 0.496 e. The fraction of sp³-hybridized carbons (Fsp3) is 0.600. The zero-order valence-electron chi connectivity index (χ0n) is 12.4. The zero-order chi connectivity index (χ0) is 13.8. The zero-order valence-corrected chi connectivity index (χ0v) is 12.4. The second-order valence-corrected chi connectivity index (χ2v) is 5.07. The van der Waals surface area contributed by atoms with Crippen molar-refractivity contribution in [3.63, 3.8) is 0 Å². The molecule has 1 aromatic carbocycles. The Labute approximate surface area is 111 Å². The molecule has 0 aliphatic heterocycles. The molecule has 0 spiro atoms. The van der Waals surface area contributed by atoms with Gasteiger partial charge < -0.3 is 15.0 Å². The van der Waals surface area contributed by atoms with Crippen LogP contribution in [0.4, 0.5) is 0 Å². The van der Waals surface area contributed by atoms with Crippen LogP contribution in [-0.4, -0.2) is 38.7 Å². The van der Waals surface area contributed by atoms with Crippen molar-refractivity contribution < 1.29 is 4.74 Å². The van der Waals surface area contributed by atoms with Gasteiger partial charge in [-0.15, -0.1) is 0 Å². The van der Waals surface area contributed by atoms with Gasteiger partial charge in [0.2, 0.25) is 0 Å². The molecule has 0 saturated heterocycles. The quantitative estimate of drug-likeness (QED) is 0.840. The molecule has 2 unspecified atom stereocenters. The average molecular weight is 250 g/mol. The Balaban J connectivity index is 3.24. The molecule has 0 bridgehead atoms. The Kier molecular flexibility index (Phi) is 5.17. The van der Waals surface area contributed by atoms with Gasteiger partial charge in [0.1, 0.15) is 5.75 Å². The fourth-order valence-electron chi connectivity index (χ4n) is 2.48. The summed E-state index contributed by atoms with van der Waals surface area (Å²) < 4.78 is 5.49. The van der Waals surface area contributed by atoms with Crippen LogP contribution < -0.4 is 10.1 Å². The predicted molar refractivity (Wildman–Crippen MR) is 77.2 cm³/mol. The van der Waals surface area contributed by atoms with Crippen LogP contribution in [-0.2, 0) is 0 Å². The van der Waals surface area contributed by atoms with E-state index in [9.17, 15) is 0 Å². The van der Waals surface area contributed by atoms with Gasteiger partial charge in [-0.25, -0.2) is 0 Å². The van der Waals surface area contributed by atoms with E-state index in [-0.39, 0.29) is 11.6 Å². The van der Waals surface area contributed by atoms with E-state index in [0.717, 1.165) is 12.2 Å². The number of likely N-dealkylation sites (N-methyl/N-ethyl adjacent to an activating group) is 2. The highest BCUT2D eigenvalue weighted by molar-refractivity contribution is 5.37. The summed E-state index contributed by atoms with van der Waals surface area (Å²) in [6, 6.07) is 8.46. The fourth-order valence-corrected chi connectivity index (χ4v) is 2.48. The number of nitrogens with one attached hydrogen (secondary N) is 1. The lowest BCUT2D eigenvalue weighted by Gasteiger charge is -2.43. The Hall–Kier alpha value is -1.06. The summed E-state index contributed by atoms with van der Waals surface area (Å²) in [5.74, 6) is 0.943. The molecule has 102 valence electrons. The van der Waals surface area contributed by atoms with Crippen LogP contribution in [0.5, 0.6) is 5.75 Å². The van der Waals surface area contributed by atoms with Crippen LogP contribution >= 0.6 is 0 Å². The van der Waals surface area contributed by atoms with Gasteiger partial charge in [-0.2, -0.15) is 0 Å². The molecule has 0 radical (unpaired) electrons. The highest BCUT2D eigenvalue weighted by atomic mass is 16.5. The van der Waals surface area contributed by atoms with E-state index in [4.69, 9.17) is 4.74 Å². The van der Waals surface area contributed by atoms with Gasteiger partial charge in [-0.3, -0.25) is 0 Å². The maximum Gasteiger partial charge on any atom is 0.123 e. The number of hydrogen-bond donors (Lipinski definition) is 1. The van der Waals surface area contributed by atoms with Crippen LogP contribution in [0, 0.1) is 0 Å². The summed E-state index contributed by atoms with van der Waals surface area (Å²) in [6.07, 6.45) is 1.06. The molecule has 1 N–H and O–H groups in total. The number of para-hydroxylation sites is 1. The highest BCUT2D eigenvalue weighted by Gasteiger charge is 2.36. The van der Waals surface area contributed by atoms with Crippen LogP contribution in [0.1, 0.15) is 31.9 Å². The van der Waals surface area contributed by atoms with Crippen LogP contribution in [0.25, 0.3) is 0 Å². The molecule has 0 saturated carbocycles. The van der Waals surface area contributed by atoms with Crippen LogP contribution in [0.3, 0.4) is 0 Å². The average Bonchev–Trinajstić information content (AvgIpc) is 2.39. The maximum absolute atomic E-state index is 5.49. The van der Waals surface area contributed by atoms with Crippen LogP contribution in [0.15, 0.2) is 24.3 Å².